The number of halogens is 1. The molecule has 5 nitrogen and oxygen atoms in total. The summed E-state index contributed by atoms with van der Waals surface area (Å²) in [6.07, 6.45) is 7.28. The van der Waals surface area contributed by atoms with Crippen LogP contribution in [0.4, 0.5) is 0 Å². The van der Waals surface area contributed by atoms with E-state index in [1.807, 2.05) is 12.2 Å². The molecule has 0 fully saturated rings. The molecule has 9 heteroatoms. The maximum Gasteiger partial charge on any atom is 0.348 e. The maximum atomic E-state index is 12.7. The second-order valence-electron chi connectivity index (χ2n) is 5.76. The second kappa shape index (κ2) is 8.26. The first-order valence-corrected chi connectivity index (χ1v) is 12.4. The van der Waals surface area contributed by atoms with Crippen LogP contribution in [-0.4, -0.2) is 27.2 Å². The van der Waals surface area contributed by atoms with Gasteiger partial charge in [0.25, 0.3) is 10.0 Å². The lowest BCUT2D eigenvalue weighted by atomic mass is 10.00. The highest BCUT2D eigenvalue weighted by molar-refractivity contribution is 8.00. The Morgan fingerprint density at radius 1 is 1.41 bits per heavy atom. The van der Waals surface area contributed by atoms with E-state index in [9.17, 15) is 13.2 Å². The maximum absolute atomic E-state index is 12.7. The predicted molar refractivity (Wildman–Crippen MR) is 110 cm³/mol. The second-order valence-corrected chi connectivity index (χ2v) is 10.9. The van der Waals surface area contributed by atoms with Crippen molar-refractivity contribution in [1.82, 2.24) is 0 Å². The summed E-state index contributed by atoms with van der Waals surface area (Å²) in [5, 5.41) is 0.336. The minimum atomic E-state index is -3.86. The van der Waals surface area contributed by atoms with Gasteiger partial charge in [0.15, 0.2) is 0 Å². The molecule has 1 aromatic heterocycles. The molecule has 0 unspecified atom stereocenters. The molecule has 0 N–H and O–H groups in total. The highest BCUT2D eigenvalue weighted by atomic mass is 35.5. The van der Waals surface area contributed by atoms with Crippen LogP contribution in [0.3, 0.4) is 0 Å². The Hall–Kier alpha value is -1.48. The van der Waals surface area contributed by atoms with Crippen molar-refractivity contribution in [2.45, 2.75) is 28.9 Å². The normalized spacial score (nSPS) is 14.8. The van der Waals surface area contributed by atoms with Crippen molar-refractivity contribution >= 4 is 55.7 Å². The highest BCUT2D eigenvalue weighted by Crippen LogP contribution is 2.37. The lowest BCUT2D eigenvalue weighted by molar-refractivity contribution is 0.0531. The van der Waals surface area contributed by atoms with E-state index in [-0.39, 0.29) is 10.9 Å². The summed E-state index contributed by atoms with van der Waals surface area (Å²) in [6.45, 7) is 2.05. The molecule has 1 aliphatic carbocycles. The molecule has 27 heavy (non-hydrogen) atoms. The van der Waals surface area contributed by atoms with Gasteiger partial charge in [0.2, 0.25) is 0 Å². The zero-order chi connectivity index (χ0) is 19.6. The van der Waals surface area contributed by atoms with E-state index in [4.69, 9.17) is 16.3 Å². The Bertz CT molecular complexity index is 1050. The number of rotatable bonds is 5. The number of hydrogen-bond donors (Lipinski definition) is 0. The van der Waals surface area contributed by atoms with E-state index >= 15 is 0 Å². The lowest BCUT2D eigenvalue weighted by Gasteiger charge is -2.09. The number of thiophene rings is 1. The summed E-state index contributed by atoms with van der Waals surface area (Å²) in [5.41, 5.74) is 1.82. The van der Waals surface area contributed by atoms with E-state index in [0.29, 0.717) is 16.5 Å². The van der Waals surface area contributed by atoms with Crippen molar-refractivity contribution in [3.63, 3.8) is 0 Å². The Morgan fingerprint density at radius 2 is 2.19 bits per heavy atom. The molecule has 0 bridgehead atoms. The van der Waals surface area contributed by atoms with Gasteiger partial charge in [-0.3, -0.25) is 0 Å². The van der Waals surface area contributed by atoms with Crippen LogP contribution in [0.5, 0.6) is 0 Å². The minimum Gasteiger partial charge on any atom is -0.462 e. The van der Waals surface area contributed by atoms with Gasteiger partial charge in [-0.2, -0.15) is 8.42 Å². The number of fused-ring (bicyclic) bond motifs is 1. The number of carbonyl (C=O) groups excluding carboxylic acids is 1. The number of benzene rings is 1. The molecule has 2 aromatic rings. The van der Waals surface area contributed by atoms with Crippen LogP contribution >= 0.6 is 22.9 Å². The zero-order valence-corrected chi connectivity index (χ0v) is 18.0. The Morgan fingerprint density at radius 3 is 2.89 bits per heavy atom. The fraction of sp³-hybridized carbons (Fsp3) is 0.278. The van der Waals surface area contributed by atoms with Crippen LogP contribution in [0.1, 0.15) is 34.1 Å². The van der Waals surface area contributed by atoms with E-state index in [1.165, 1.54) is 23.5 Å². The van der Waals surface area contributed by atoms with Gasteiger partial charge >= 0.3 is 5.97 Å². The minimum absolute atomic E-state index is 0.0564. The first-order chi connectivity index (χ1) is 12.8. The largest absolute Gasteiger partial charge is 0.462 e. The number of carbonyl (C=O) groups is 1. The molecule has 0 amide bonds. The number of allylic oxidation sites excluding steroid dienone is 1. The summed E-state index contributed by atoms with van der Waals surface area (Å²) in [4.78, 5) is 12.9. The Labute approximate surface area is 170 Å². The topological polar surface area (TPSA) is 72.8 Å². The van der Waals surface area contributed by atoms with Crippen LogP contribution in [0.2, 0.25) is 5.02 Å². The number of nitrogens with zero attached hydrogens (tertiary/aromatic N) is 1. The molecule has 0 aliphatic heterocycles. The SMILES string of the molecule is CCOC(=O)c1sc([S@@](C)=NS(=O)(=O)c2cccc(Cl)c2)c2c1CCC=C2. The average Bonchev–Trinajstić information content (AvgIpc) is 3.01. The quantitative estimate of drug-likeness (QED) is 0.627. The van der Waals surface area contributed by atoms with Crippen LogP contribution in [0, 0.1) is 0 Å². The van der Waals surface area contributed by atoms with Crippen LogP contribution in [0.25, 0.3) is 6.08 Å². The first kappa shape index (κ1) is 20.3. The molecule has 0 saturated carbocycles. The van der Waals surface area contributed by atoms with Crippen LogP contribution in [-0.2, 0) is 31.9 Å². The van der Waals surface area contributed by atoms with Gasteiger partial charge in [-0.05, 0) is 60.5 Å². The van der Waals surface area contributed by atoms with Crippen molar-refractivity contribution in [3.8, 4) is 0 Å². The first-order valence-electron chi connectivity index (χ1n) is 8.22. The van der Waals surface area contributed by atoms with Crippen molar-refractivity contribution in [3.05, 3.63) is 51.4 Å². The summed E-state index contributed by atoms with van der Waals surface area (Å²) in [5.74, 6) is -0.366. The van der Waals surface area contributed by atoms with E-state index < -0.39 is 20.7 Å². The zero-order valence-electron chi connectivity index (χ0n) is 14.8. The molecule has 1 aliphatic rings. The highest BCUT2D eigenvalue weighted by Gasteiger charge is 2.25. The van der Waals surface area contributed by atoms with Crippen molar-refractivity contribution in [1.29, 1.82) is 0 Å². The van der Waals surface area contributed by atoms with Gasteiger partial charge in [0.05, 0.1) is 15.7 Å². The molecule has 0 saturated heterocycles. The standard InChI is InChI=1S/C18H18ClNO4S3/c1-3-24-17(21)16-14-9-4-5-10-15(14)18(25-16)26(2)20-27(22,23)13-8-6-7-12(19)11-13/h5-8,10-11H,3-4,9H2,1-2H3/t26-/m1/s1. The fourth-order valence-corrected chi connectivity index (χ4v) is 7.79. The third kappa shape index (κ3) is 4.34. The number of hydrogen-bond acceptors (Lipinski definition) is 5. The Kier molecular flexibility index (Phi) is 6.20. The summed E-state index contributed by atoms with van der Waals surface area (Å²) in [7, 11) is -4.80. The smallest absolute Gasteiger partial charge is 0.348 e. The van der Waals surface area contributed by atoms with Crippen LogP contribution < -0.4 is 0 Å². The molecular formula is C18H18ClNO4S3. The third-order valence-corrected chi connectivity index (χ3v) is 9.41. The fourth-order valence-electron chi connectivity index (χ4n) is 2.73. The number of esters is 1. The van der Waals surface area contributed by atoms with Gasteiger partial charge in [-0.1, -0.05) is 29.8 Å². The summed E-state index contributed by atoms with van der Waals surface area (Å²) >= 11 is 7.18. The van der Waals surface area contributed by atoms with Gasteiger partial charge in [0, 0.05) is 10.6 Å². The molecule has 3 rings (SSSR count). The molecule has 0 spiro atoms. The predicted octanol–water partition coefficient (Wildman–Crippen LogP) is 4.72. The molecule has 1 heterocycles. The van der Waals surface area contributed by atoms with Crippen molar-refractivity contribution < 1.29 is 17.9 Å². The average molecular weight is 444 g/mol. The molecular weight excluding hydrogens is 426 g/mol. The summed E-state index contributed by atoms with van der Waals surface area (Å²) in [6, 6.07) is 6.03. The molecule has 0 radical (unpaired) electrons. The van der Waals surface area contributed by atoms with Gasteiger partial charge in [-0.15, -0.1) is 15.1 Å². The third-order valence-electron chi connectivity index (χ3n) is 3.89. The van der Waals surface area contributed by atoms with Crippen molar-refractivity contribution in [2.24, 2.45) is 3.77 Å². The van der Waals surface area contributed by atoms with E-state index in [2.05, 4.69) is 3.77 Å². The van der Waals surface area contributed by atoms with E-state index in [0.717, 1.165) is 28.2 Å². The van der Waals surface area contributed by atoms with Gasteiger partial charge in [0.1, 0.15) is 4.88 Å². The van der Waals surface area contributed by atoms with Gasteiger partial charge in [-0.25, -0.2) is 4.79 Å². The van der Waals surface area contributed by atoms with E-state index in [1.54, 1.807) is 25.3 Å². The summed E-state index contributed by atoms with van der Waals surface area (Å²) < 4.78 is 35.3. The molecule has 144 valence electrons. The lowest BCUT2D eigenvalue weighted by Crippen LogP contribution is -2.06. The molecule has 1 aromatic carbocycles. The van der Waals surface area contributed by atoms with Crippen molar-refractivity contribution in [2.75, 3.05) is 12.9 Å². The number of sulfonamides is 1. The van der Waals surface area contributed by atoms with Crippen LogP contribution in [0.15, 0.2) is 43.2 Å². The Balaban J connectivity index is 2.07. The number of ether oxygens (including phenoxy) is 1. The monoisotopic (exact) mass is 443 g/mol. The molecule has 1 atom stereocenters. The van der Waals surface area contributed by atoms with Gasteiger partial charge < -0.3 is 4.74 Å².